The molecule has 2 aliphatic rings. The number of nitrogens with one attached hydrogen (secondary N) is 1. The van der Waals surface area contributed by atoms with Crippen LogP contribution in [0.15, 0.2) is 83.3 Å². The molecule has 0 bridgehead atoms. The Kier molecular flexibility index (Phi) is 3.47. The van der Waals surface area contributed by atoms with Crippen LogP contribution in [0.2, 0.25) is 0 Å². The Balaban J connectivity index is 1.71. The van der Waals surface area contributed by atoms with Gasteiger partial charge in [-0.3, -0.25) is 9.78 Å². The number of benzene rings is 2. The topological polar surface area (TPSA) is 83.4 Å². The number of hydrogen-bond donors (Lipinski definition) is 1. The molecular formula is C21H13N5O. The summed E-state index contributed by atoms with van der Waals surface area (Å²) >= 11 is 0. The summed E-state index contributed by atoms with van der Waals surface area (Å²) in [5.74, 6) is -0.412. The summed E-state index contributed by atoms with van der Waals surface area (Å²) in [6, 6.07) is 18.9. The third-order valence-electron chi connectivity index (χ3n) is 4.47. The summed E-state index contributed by atoms with van der Waals surface area (Å²) in [4.78, 5) is 24.4. The van der Waals surface area contributed by atoms with Crippen molar-refractivity contribution in [1.29, 1.82) is 0 Å². The van der Waals surface area contributed by atoms with Gasteiger partial charge in [0.15, 0.2) is 0 Å². The molecule has 27 heavy (non-hydrogen) atoms. The number of fused-ring (bicyclic) bond motifs is 4. The number of pyridine rings is 1. The number of amides is 1. The van der Waals surface area contributed by atoms with Gasteiger partial charge >= 0.3 is 0 Å². The van der Waals surface area contributed by atoms with Crippen LogP contribution >= 0.6 is 0 Å². The highest BCUT2D eigenvalue weighted by Crippen LogP contribution is 2.43. The van der Waals surface area contributed by atoms with Crippen LogP contribution in [0.5, 0.6) is 0 Å². The molecule has 0 unspecified atom stereocenters. The van der Waals surface area contributed by atoms with Gasteiger partial charge in [-0.05, 0) is 24.3 Å². The van der Waals surface area contributed by atoms with Gasteiger partial charge < -0.3 is 4.98 Å². The Morgan fingerprint density at radius 2 is 1.63 bits per heavy atom. The van der Waals surface area contributed by atoms with Gasteiger partial charge in [-0.15, -0.1) is 10.2 Å². The standard InChI is InChI=1S/C21H13N5O/c27-21(13-9-11-22-12-10-13)26-25-19-15-6-2-1-5-14(15)18-20(19)24-17-8-4-3-7-16(17)23-18/h1-12,24H. The van der Waals surface area contributed by atoms with E-state index >= 15 is 0 Å². The number of carbonyl (C=O) groups excluding carboxylic acids is 1. The lowest BCUT2D eigenvalue weighted by Gasteiger charge is -2.04. The molecule has 0 saturated carbocycles. The summed E-state index contributed by atoms with van der Waals surface area (Å²) in [6.07, 6.45) is 3.11. The molecule has 0 radical (unpaired) electrons. The summed E-state index contributed by atoms with van der Waals surface area (Å²) in [5, 5.41) is 10.1. The molecule has 128 valence electrons. The van der Waals surface area contributed by atoms with Crippen LogP contribution in [-0.2, 0) is 0 Å². The number of nitrogens with zero attached hydrogens (tertiary/aromatic N) is 4. The molecule has 1 N–H and O–H groups in total. The second-order valence-electron chi connectivity index (χ2n) is 6.11. The van der Waals surface area contributed by atoms with Gasteiger partial charge in [0.05, 0.1) is 22.4 Å². The van der Waals surface area contributed by atoms with Crippen LogP contribution < -0.4 is 0 Å². The molecule has 2 heterocycles. The molecule has 0 fully saturated rings. The molecular weight excluding hydrogens is 338 g/mol. The first-order valence-corrected chi connectivity index (χ1v) is 8.46. The minimum absolute atomic E-state index is 0.412. The number of para-hydroxylation sites is 2. The molecule has 3 aromatic rings. The van der Waals surface area contributed by atoms with E-state index in [4.69, 9.17) is 4.98 Å². The fourth-order valence-corrected chi connectivity index (χ4v) is 3.20. The number of carbonyl (C=O) groups is 1. The molecule has 0 spiro atoms. The first-order valence-electron chi connectivity index (χ1n) is 8.46. The van der Waals surface area contributed by atoms with Gasteiger partial charge in [-0.25, -0.2) is 4.98 Å². The van der Waals surface area contributed by atoms with E-state index in [0.717, 1.165) is 33.2 Å². The highest BCUT2D eigenvalue weighted by Gasteiger charge is 2.20. The molecule has 1 amide bonds. The second-order valence-corrected chi connectivity index (χ2v) is 6.11. The third kappa shape index (κ3) is 2.55. The average Bonchev–Trinajstić information content (AvgIpc) is 3.04. The molecule has 1 aliphatic heterocycles. The van der Waals surface area contributed by atoms with E-state index in [0.29, 0.717) is 11.3 Å². The zero-order valence-electron chi connectivity index (χ0n) is 14.1. The van der Waals surface area contributed by atoms with Crippen molar-refractivity contribution in [2.24, 2.45) is 10.2 Å². The molecule has 0 saturated heterocycles. The first-order chi connectivity index (χ1) is 13.3. The highest BCUT2D eigenvalue weighted by molar-refractivity contribution is 6.11. The Bertz CT molecular complexity index is 1290. The van der Waals surface area contributed by atoms with E-state index in [2.05, 4.69) is 20.2 Å². The van der Waals surface area contributed by atoms with Gasteiger partial charge in [0, 0.05) is 28.7 Å². The lowest BCUT2D eigenvalue weighted by atomic mass is 10.2. The van der Waals surface area contributed by atoms with Crippen molar-refractivity contribution in [2.75, 3.05) is 0 Å². The predicted octanol–water partition coefficient (Wildman–Crippen LogP) is 5.14. The third-order valence-corrected chi connectivity index (χ3v) is 4.47. The van der Waals surface area contributed by atoms with Crippen LogP contribution in [0.3, 0.4) is 0 Å². The van der Waals surface area contributed by atoms with E-state index in [1.165, 1.54) is 0 Å². The Labute approximate surface area is 154 Å². The van der Waals surface area contributed by atoms with Gasteiger partial charge in [-0.2, -0.15) is 0 Å². The van der Waals surface area contributed by atoms with E-state index in [-0.39, 0.29) is 0 Å². The lowest BCUT2D eigenvalue weighted by Crippen LogP contribution is -1.93. The molecule has 1 aromatic heterocycles. The van der Waals surface area contributed by atoms with E-state index in [9.17, 15) is 4.79 Å². The van der Waals surface area contributed by atoms with Crippen molar-refractivity contribution in [3.8, 4) is 11.4 Å². The Hall–Kier alpha value is -3.93. The second kappa shape index (κ2) is 6.10. The van der Waals surface area contributed by atoms with Crippen LogP contribution in [-0.4, -0.2) is 20.9 Å². The monoisotopic (exact) mass is 351 g/mol. The van der Waals surface area contributed by atoms with Crippen molar-refractivity contribution in [1.82, 2.24) is 15.0 Å². The van der Waals surface area contributed by atoms with Crippen molar-refractivity contribution in [3.63, 3.8) is 0 Å². The van der Waals surface area contributed by atoms with Crippen molar-refractivity contribution < 1.29 is 4.79 Å². The van der Waals surface area contributed by atoms with Crippen LogP contribution in [0.25, 0.3) is 33.2 Å². The SMILES string of the molecule is O=C(N=Nc1c2[nH]c3ccccc3nc-2c2ccccc12)c1ccncc1. The first kappa shape index (κ1) is 15.3. The molecule has 1 aliphatic carbocycles. The van der Waals surface area contributed by atoms with Crippen LogP contribution in [0.4, 0.5) is 5.69 Å². The number of aromatic amines is 1. The zero-order chi connectivity index (χ0) is 18.2. The normalized spacial score (nSPS) is 11.7. The van der Waals surface area contributed by atoms with E-state index in [1.54, 1.807) is 24.5 Å². The molecule has 0 atom stereocenters. The maximum Gasteiger partial charge on any atom is 0.295 e. The van der Waals surface area contributed by atoms with Crippen LogP contribution in [0, 0.1) is 0 Å². The summed E-state index contributed by atoms with van der Waals surface area (Å²) < 4.78 is 0. The molecule has 6 heteroatoms. The van der Waals surface area contributed by atoms with Gasteiger partial charge in [0.25, 0.3) is 5.91 Å². The molecule has 2 aromatic carbocycles. The minimum Gasteiger partial charge on any atom is -0.350 e. The maximum atomic E-state index is 12.3. The molecule has 5 rings (SSSR count). The minimum atomic E-state index is -0.412. The van der Waals surface area contributed by atoms with Crippen molar-refractivity contribution >= 4 is 33.4 Å². The number of rotatable bonds is 2. The summed E-state index contributed by atoms with van der Waals surface area (Å²) in [7, 11) is 0. The quantitative estimate of drug-likeness (QED) is 0.447. The zero-order valence-corrected chi connectivity index (χ0v) is 14.1. The van der Waals surface area contributed by atoms with E-state index in [1.807, 2.05) is 48.5 Å². The van der Waals surface area contributed by atoms with Gasteiger partial charge in [0.2, 0.25) is 0 Å². The van der Waals surface area contributed by atoms with Crippen molar-refractivity contribution in [3.05, 3.63) is 78.6 Å². The predicted molar refractivity (Wildman–Crippen MR) is 103 cm³/mol. The highest BCUT2D eigenvalue weighted by atomic mass is 16.1. The molecule has 6 nitrogen and oxygen atoms in total. The number of azo groups is 1. The Morgan fingerprint density at radius 3 is 2.48 bits per heavy atom. The Morgan fingerprint density at radius 1 is 0.889 bits per heavy atom. The number of H-pyrrole nitrogens is 1. The van der Waals surface area contributed by atoms with Gasteiger partial charge in [0.1, 0.15) is 5.69 Å². The van der Waals surface area contributed by atoms with E-state index < -0.39 is 5.91 Å². The fraction of sp³-hybridized carbons (Fsp3) is 0. The lowest BCUT2D eigenvalue weighted by molar-refractivity contribution is 0.0995. The summed E-state index contributed by atoms with van der Waals surface area (Å²) in [6.45, 7) is 0. The summed E-state index contributed by atoms with van der Waals surface area (Å²) in [5.41, 5.74) is 4.41. The average molecular weight is 351 g/mol. The number of aromatic nitrogens is 3. The largest absolute Gasteiger partial charge is 0.350 e. The van der Waals surface area contributed by atoms with Gasteiger partial charge in [-0.1, -0.05) is 36.4 Å². The van der Waals surface area contributed by atoms with Crippen molar-refractivity contribution in [2.45, 2.75) is 0 Å². The fourth-order valence-electron chi connectivity index (χ4n) is 3.20. The maximum absolute atomic E-state index is 12.3. The smallest absolute Gasteiger partial charge is 0.295 e. The van der Waals surface area contributed by atoms with Crippen LogP contribution in [0.1, 0.15) is 10.4 Å². The number of hydrogen-bond acceptors (Lipinski definition) is 4.